The van der Waals surface area contributed by atoms with E-state index < -0.39 is 0 Å². The summed E-state index contributed by atoms with van der Waals surface area (Å²) in [6.07, 6.45) is 5.46. The molecule has 0 heterocycles. The Kier molecular flexibility index (Phi) is 7.16. The maximum Gasteiger partial charge on any atom is 0.152 e. The van der Waals surface area contributed by atoms with Crippen LogP contribution in [0.15, 0.2) is 30.3 Å². The van der Waals surface area contributed by atoms with Gasteiger partial charge in [0.15, 0.2) is 5.78 Å². The molecular formula is C16H25NO. The quantitative estimate of drug-likeness (QED) is 0.706. The molecule has 1 aromatic rings. The summed E-state index contributed by atoms with van der Waals surface area (Å²) in [7, 11) is 0. The largest absolute Gasteiger partial charge is 0.378 e. The second-order valence-corrected chi connectivity index (χ2v) is 4.88. The van der Waals surface area contributed by atoms with Crippen LogP contribution in [-0.2, 0) is 4.79 Å². The van der Waals surface area contributed by atoms with E-state index >= 15 is 0 Å². The third-order valence-electron chi connectivity index (χ3n) is 3.32. The van der Waals surface area contributed by atoms with E-state index in [4.69, 9.17) is 0 Å². The molecule has 1 N–H and O–H groups in total. The molecule has 2 nitrogen and oxygen atoms in total. The lowest BCUT2D eigenvalue weighted by molar-refractivity contribution is -0.118. The lowest BCUT2D eigenvalue weighted by atomic mass is 9.94. The molecule has 0 amide bonds. The Balaban J connectivity index is 2.28. The second kappa shape index (κ2) is 8.73. The van der Waals surface area contributed by atoms with Crippen LogP contribution < -0.4 is 5.32 Å². The van der Waals surface area contributed by atoms with Gasteiger partial charge in [0.05, 0.1) is 6.54 Å². The van der Waals surface area contributed by atoms with Crippen molar-refractivity contribution in [3.63, 3.8) is 0 Å². The number of nitrogens with one attached hydrogen (secondary N) is 1. The molecule has 1 unspecified atom stereocenters. The van der Waals surface area contributed by atoms with E-state index in [1.54, 1.807) is 0 Å². The maximum atomic E-state index is 11.9. The van der Waals surface area contributed by atoms with Gasteiger partial charge in [-0.2, -0.15) is 0 Å². The highest BCUT2D eigenvalue weighted by Crippen LogP contribution is 2.17. The lowest BCUT2D eigenvalue weighted by Crippen LogP contribution is -2.17. The van der Waals surface area contributed by atoms with Crippen LogP contribution in [0.25, 0.3) is 0 Å². The first-order valence-electron chi connectivity index (χ1n) is 7.06. The third-order valence-corrected chi connectivity index (χ3v) is 3.32. The Labute approximate surface area is 111 Å². The van der Waals surface area contributed by atoms with Crippen molar-refractivity contribution in [3.05, 3.63) is 30.3 Å². The van der Waals surface area contributed by atoms with Gasteiger partial charge in [0.2, 0.25) is 0 Å². The topological polar surface area (TPSA) is 29.1 Å². The van der Waals surface area contributed by atoms with Crippen LogP contribution in [-0.4, -0.2) is 12.3 Å². The number of hydrogen-bond acceptors (Lipinski definition) is 2. The van der Waals surface area contributed by atoms with Crippen molar-refractivity contribution in [2.24, 2.45) is 5.92 Å². The average molecular weight is 247 g/mol. The molecule has 0 aromatic heterocycles. The molecule has 0 aliphatic rings. The molecule has 0 bridgehead atoms. The molecule has 1 rings (SSSR count). The van der Waals surface area contributed by atoms with Crippen molar-refractivity contribution in [2.45, 2.75) is 46.0 Å². The first-order chi connectivity index (χ1) is 8.76. The summed E-state index contributed by atoms with van der Waals surface area (Å²) in [5.41, 5.74) is 1.02. The highest BCUT2D eigenvalue weighted by Gasteiger charge is 2.11. The minimum absolute atomic E-state index is 0.321. The van der Waals surface area contributed by atoms with Crippen LogP contribution in [0.3, 0.4) is 0 Å². The van der Waals surface area contributed by atoms with E-state index in [9.17, 15) is 4.79 Å². The molecule has 0 spiro atoms. The highest BCUT2D eigenvalue weighted by molar-refractivity contribution is 5.83. The van der Waals surface area contributed by atoms with Gasteiger partial charge < -0.3 is 5.32 Å². The number of benzene rings is 1. The van der Waals surface area contributed by atoms with Gasteiger partial charge in [-0.05, 0) is 18.1 Å². The molecule has 0 fully saturated rings. The van der Waals surface area contributed by atoms with Crippen LogP contribution in [0.2, 0.25) is 0 Å². The summed E-state index contributed by atoms with van der Waals surface area (Å²) >= 11 is 0. The molecular weight excluding hydrogens is 222 g/mol. The number of unbranched alkanes of at least 4 members (excludes halogenated alkanes) is 1. The Morgan fingerprint density at radius 2 is 1.94 bits per heavy atom. The average Bonchev–Trinajstić information content (AvgIpc) is 2.42. The van der Waals surface area contributed by atoms with Gasteiger partial charge in [-0.25, -0.2) is 0 Å². The van der Waals surface area contributed by atoms with Crippen molar-refractivity contribution in [2.75, 3.05) is 11.9 Å². The van der Waals surface area contributed by atoms with Crippen molar-refractivity contribution < 1.29 is 4.79 Å². The molecule has 0 saturated heterocycles. The molecule has 1 aromatic carbocycles. The fourth-order valence-corrected chi connectivity index (χ4v) is 2.09. The SMILES string of the molecule is CCCCC(CC)CC(=O)CNc1ccccc1. The zero-order valence-corrected chi connectivity index (χ0v) is 11.6. The molecule has 0 aliphatic carbocycles. The minimum Gasteiger partial charge on any atom is -0.378 e. The Hall–Kier alpha value is -1.31. The smallest absolute Gasteiger partial charge is 0.152 e. The van der Waals surface area contributed by atoms with E-state index in [1.165, 1.54) is 19.3 Å². The van der Waals surface area contributed by atoms with Gasteiger partial charge in [0.25, 0.3) is 0 Å². The van der Waals surface area contributed by atoms with E-state index in [1.807, 2.05) is 30.3 Å². The molecule has 100 valence electrons. The summed E-state index contributed by atoms with van der Waals surface area (Å²) in [4.78, 5) is 11.9. The number of Topliss-reactive ketones (excluding diaryl/α,β-unsaturated/α-hetero) is 1. The van der Waals surface area contributed by atoms with Gasteiger partial charge in [-0.1, -0.05) is 57.7 Å². The number of ketones is 1. The number of rotatable bonds is 9. The van der Waals surface area contributed by atoms with Crippen molar-refractivity contribution in [1.82, 2.24) is 0 Å². The van der Waals surface area contributed by atoms with Gasteiger partial charge in [0, 0.05) is 12.1 Å². The van der Waals surface area contributed by atoms with Crippen LogP contribution in [0.4, 0.5) is 5.69 Å². The van der Waals surface area contributed by atoms with Gasteiger partial charge in [0.1, 0.15) is 0 Å². The molecule has 2 heteroatoms. The maximum absolute atomic E-state index is 11.9. The summed E-state index contributed by atoms with van der Waals surface area (Å²) in [5.74, 6) is 0.886. The van der Waals surface area contributed by atoms with E-state index in [0.29, 0.717) is 18.2 Å². The summed E-state index contributed by atoms with van der Waals surface area (Å²) in [6.45, 7) is 4.83. The summed E-state index contributed by atoms with van der Waals surface area (Å²) in [6, 6.07) is 9.90. The first kappa shape index (κ1) is 14.7. The van der Waals surface area contributed by atoms with Crippen molar-refractivity contribution in [1.29, 1.82) is 0 Å². The predicted octanol–water partition coefficient (Wildman–Crippen LogP) is 4.27. The van der Waals surface area contributed by atoms with Crippen LogP contribution in [0.5, 0.6) is 0 Å². The Morgan fingerprint density at radius 1 is 1.22 bits per heavy atom. The third kappa shape index (κ3) is 5.85. The fourth-order valence-electron chi connectivity index (χ4n) is 2.09. The van der Waals surface area contributed by atoms with Gasteiger partial charge >= 0.3 is 0 Å². The van der Waals surface area contributed by atoms with Gasteiger partial charge in [-0.3, -0.25) is 4.79 Å². The van der Waals surface area contributed by atoms with Gasteiger partial charge in [-0.15, -0.1) is 0 Å². The highest BCUT2D eigenvalue weighted by atomic mass is 16.1. The minimum atomic E-state index is 0.321. The Bertz CT molecular complexity index is 334. The molecule has 0 saturated carbocycles. The van der Waals surface area contributed by atoms with Crippen LogP contribution in [0, 0.1) is 5.92 Å². The van der Waals surface area contributed by atoms with Crippen LogP contribution >= 0.6 is 0 Å². The molecule has 0 radical (unpaired) electrons. The van der Waals surface area contributed by atoms with E-state index in [0.717, 1.165) is 18.5 Å². The first-order valence-corrected chi connectivity index (χ1v) is 7.06. The number of para-hydroxylation sites is 1. The monoisotopic (exact) mass is 247 g/mol. The lowest BCUT2D eigenvalue weighted by Gasteiger charge is -2.13. The zero-order chi connectivity index (χ0) is 13.2. The van der Waals surface area contributed by atoms with Crippen molar-refractivity contribution >= 4 is 11.5 Å². The molecule has 0 aliphatic heterocycles. The molecule has 18 heavy (non-hydrogen) atoms. The summed E-state index contributed by atoms with van der Waals surface area (Å²) in [5, 5.41) is 3.18. The standard InChI is InChI=1S/C16H25NO/c1-3-5-9-14(4-2)12-16(18)13-17-15-10-7-6-8-11-15/h6-8,10-11,14,17H,3-5,9,12-13H2,1-2H3. The zero-order valence-electron chi connectivity index (χ0n) is 11.6. The Morgan fingerprint density at radius 3 is 2.56 bits per heavy atom. The van der Waals surface area contributed by atoms with Crippen molar-refractivity contribution in [3.8, 4) is 0 Å². The predicted molar refractivity (Wildman–Crippen MR) is 77.9 cm³/mol. The fraction of sp³-hybridized carbons (Fsp3) is 0.562. The van der Waals surface area contributed by atoms with E-state index in [-0.39, 0.29) is 0 Å². The number of hydrogen-bond donors (Lipinski definition) is 1. The number of carbonyl (C=O) groups excluding carboxylic acids is 1. The number of anilines is 1. The second-order valence-electron chi connectivity index (χ2n) is 4.88. The molecule has 1 atom stereocenters. The number of carbonyl (C=O) groups is 1. The summed E-state index contributed by atoms with van der Waals surface area (Å²) < 4.78 is 0. The van der Waals surface area contributed by atoms with Crippen LogP contribution in [0.1, 0.15) is 46.0 Å². The van der Waals surface area contributed by atoms with E-state index in [2.05, 4.69) is 19.2 Å². The normalized spacial score (nSPS) is 12.1.